The zero-order chi connectivity index (χ0) is 11.4. The zero-order valence-electron chi connectivity index (χ0n) is 8.38. The van der Waals surface area contributed by atoms with Gasteiger partial charge in [-0.05, 0) is 13.0 Å². The van der Waals surface area contributed by atoms with Gasteiger partial charge in [0, 0.05) is 18.0 Å². The van der Waals surface area contributed by atoms with E-state index in [1.54, 1.807) is 24.6 Å². The highest BCUT2D eigenvalue weighted by Crippen LogP contribution is 2.17. The average Bonchev–Trinajstić information content (AvgIpc) is 2.19. The molecular weight excluding hydrogens is 234 g/mol. The van der Waals surface area contributed by atoms with Gasteiger partial charge < -0.3 is 4.55 Å². The molecule has 1 aromatic rings. The zero-order valence-corrected chi connectivity index (χ0v) is 9.96. The van der Waals surface area contributed by atoms with E-state index < -0.39 is 11.0 Å². The third kappa shape index (κ3) is 2.99. The third-order valence-electron chi connectivity index (χ3n) is 1.97. The topological polar surface area (TPSA) is 59.9 Å². The van der Waals surface area contributed by atoms with E-state index in [2.05, 4.69) is 4.98 Å². The molecule has 0 saturated heterocycles. The first-order valence-electron chi connectivity index (χ1n) is 4.21. The first-order valence-corrected chi connectivity index (χ1v) is 6.14. The van der Waals surface area contributed by atoms with Crippen molar-refractivity contribution in [2.24, 2.45) is 0 Å². The molecule has 0 amide bonds. The number of pyridine rings is 1. The minimum absolute atomic E-state index is 0.210. The number of halogens is 1. The summed E-state index contributed by atoms with van der Waals surface area (Å²) in [5.41, 5.74) is 0.842. The van der Waals surface area contributed by atoms with Gasteiger partial charge in [-0.1, -0.05) is 17.7 Å². The number of hydrogen-bond donors (Lipinski definition) is 1. The predicted octanol–water partition coefficient (Wildman–Crippen LogP) is 2.19. The Balaban J connectivity index is 3.05. The highest BCUT2D eigenvalue weighted by molar-refractivity contribution is 7.78. The molecule has 0 spiro atoms. The fraction of sp³-hybridized carbons (Fsp3) is 0.333. The lowest BCUT2D eigenvalue weighted by molar-refractivity contribution is -0.463. The van der Waals surface area contributed by atoms with Gasteiger partial charge >= 0.3 is 6.19 Å². The van der Waals surface area contributed by atoms with Crippen molar-refractivity contribution < 1.29 is 8.50 Å². The Morgan fingerprint density at radius 3 is 2.73 bits per heavy atom. The van der Waals surface area contributed by atoms with E-state index in [1.807, 2.05) is 13.1 Å². The second kappa shape index (κ2) is 5.21. The second-order valence-electron chi connectivity index (χ2n) is 2.96. The highest BCUT2D eigenvalue weighted by atomic mass is 35.5. The molecule has 6 heteroatoms. The molecule has 1 rings (SSSR count). The summed E-state index contributed by atoms with van der Waals surface area (Å²) in [5, 5.41) is 9.27. The number of nitriles is 1. The van der Waals surface area contributed by atoms with Crippen molar-refractivity contribution >= 4 is 22.6 Å². The monoisotopic (exact) mass is 244 g/mol. The van der Waals surface area contributed by atoms with Gasteiger partial charge in [0.15, 0.2) is 5.26 Å². The van der Waals surface area contributed by atoms with Gasteiger partial charge in [0.25, 0.3) is 0 Å². The Hall–Kier alpha value is -0.960. The third-order valence-corrected chi connectivity index (χ3v) is 3.16. The number of nitrogens with zero attached hydrogens (tertiary/aromatic N) is 3. The fourth-order valence-corrected chi connectivity index (χ4v) is 1.95. The van der Waals surface area contributed by atoms with Crippen LogP contribution in [0.5, 0.6) is 0 Å². The summed E-state index contributed by atoms with van der Waals surface area (Å²) in [6, 6.07) is 3.24. The molecule has 80 valence electrons. The fourth-order valence-electron chi connectivity index (χ4n) is 1.14. The molecule has 0 aliphatic heterocycles. The summed E-state index contributed by atoms with van der Waals surface area (Å²) >= 11 is 5.65. The SMILES string of the molecule is CC(c1ccc(Cl)nc1)[N+](C#N)=S(C)O. The molecule has 1 heterocycles. The predicted molar refractivity (Wildman–Crippen MR) is 59.5 cm³/mol. The Morgan fingerprint density at radius 1 is 1.67 bits per heavy atom. The molecule has 1 aromatic heterocycles. The molecule has 0 saturated carbocycles. The van der Waals surface area contributed by atoms with E-state index in [9.17, 15) is 4.55 Å². The molecule has 2 unspecified atom stereocenters. The maximum Gasteiger partial charge on any atom is 0.468 e. The van der Waals surface area contributed by atoms with Crippen molar-refractivity contribution in [2.75, 3.05) is 6.26 Å². The first-order chi connectivity index (χ1) is 7.06. The van der Waals surface area contributed by atoms with Crippen LogP contribution in [0.1, 0.15) is 18.5 Å². The van der Waals surface area contributed by atoms with Gasteiger partial charge in [0.2, 0.25) is 0 Å². The van der Waals surface area contributed by atoms with E-state index in [0.717, 1.165) is 5.56 Å². The normalized spacial score (nSPS) is 15.3. The summed E-state index contributed by atoms with van der Waals surface area (Å²) in [6.45, 7) is 1.83. The van der Waals surface area contributed by atoms with Crippen LogP contribution in [-0.4, -0.2) is 19.7 Å². The van der Waals surface area contributed by atoms with Crippen LogP contribution in [-0.2, 0) is 11.0 Å². The molecule has 15 heavy (non-hydrogen) atoms. The van der Waals surface area contributed by atoms with Gasteiger partial charge in [-0.2, -0.15) is 0 Å². The van der Waals surface area contributed by atoms with Gasteiger partial charge in [0.1, 0.15) is 22.2 Å². The van der Waals surface area contributed by atoms with Gasteiger partial charge in [-0.3, -0.25) is 0 Å². The molecule has 0 aromatic carbocycles. The minimum Gasteiger partial charge on any atom is -0.306 e. The van der Waals surface area contributed by atoms with Crippen LogP contribution < -0.4 is 0 Å². The van der Waals surface area contributed by atoms with Gasteiger partial charge in [0.05, 0.1) is 0 Å². The van der Waals surface area contributed by atoms with E-state index in [0.29, 0.717) is 5.15 Å². The molecule has 4 nitrogen and oxygen atoms in total. The van der Waals surface area contributed by atoms with Crippen LogP contribution >= 0.6 is 11.6 Å². The quantitative estimate of drug-likeness (QED) is 0.376. The first kappa shape index (κ1) is 12.1. The Morgan fingerprint density at radius 2 is 2.33 bits per heavy atom. The van der Waals surface area contributed by atoms with Crippen molar-refractivity contribution in [2.45, 2.75) is 13.0 Å². The maximum atomic E-state index is 9.38. The van der Waals surface area contributed by atoms with Crippen molar-refractivity contribution in [1.82, 2.24) is 4.98 Å². The molecular formula is C9H11ClN3OS+. The van der Waals surface area contributed by atoms with E-state index in [4.69, 9.17) is 16.9 Å². The molecule has 0 radical (unpaired) electrons. The van der Waals surface area contributed by atoms with Crippen molar-refractivity contribution in [3.05, 3.63) is 29.0 Å². The summed E-state index contributed by atoms with van der Waals surface area (Å²) in [5.74, 6) is 0. The maximum absolute atomic E-state index is 9.38. The van der Waals surface area contributed by atoms with Crippen molar-refractivity contribution in [3.8, 4) is 6.19 Å². The largest absolute Gasteiger partial charge is 0.468 e. The Labute approximate surface area is 96.0 Å². The molecule has 0 fully saturated rings. The van der Waals surface area contributed by atoms with Crippen LogP contribution in [0.3, 0.4) is 0 Å². The lowest BCUT2D eigenvalue weighted by Crippen LogP contribution is -2.14. The van der Waals surface area contributed by atoms with Crippen LogP contribution in [0.2, 0.25) is 5.15 Å². The van der Waals surface area contributed by atoms with Gasteiger partial charge in [-0.25, -0.2) is 4.98 Å². The average molecular weight is 245 g/mol. The molecule has 1 N–H and O–H groups in total. The summed E-state index contributed by atoms with van der Waals surface area (Å²) in [4.78, 5) is 3.93. The lowest BCUT2D eigenvalue weighted by Gasteiger charge is -2.08. The number of rotatable bonds is 2. The lowest BCUT2D eigenvalue weighted by atomic mass is 10.1. The smallest absolute Gasteiger partial charge is 0.306 e. The summed E-state index contributed by atoms with van der Waals surface area (Å²) < 4.78 is 10.7. The summed E-state index contributed by atoms with van der Waals surface area (Å²) in [7, 11) is -1.08. The summed E-state index contributed by atoms with van der Waals surface area (Å²) in [6.07, 6.45) is 5.12. The molecule has 0 bridgehead atoms. The molecule has 2 atom stereocenters. The van der Waals surface area contributed by atoms with E-state index >= 15 is 0 Å². The molecule has 0 aliphatic rings. The number of hydrogen-bond acceptors (Lipinski definition) is 2. The van der Waals surface area contributed by atoms with Crippen LogP contribution in [0.25, 0.3) is 0 Å². The van der Waals surface area contributed by atoms with Crippen molar-refractivity contribution in [1.29, 1.82) is 5.26 Å². The van der Waals surface area contributed by atoms with E-state index in [-0.39, 0.29) is 6.04 Å². The van der Waals surface area contributed by atoms with Crippen LogP contribution in [0.15, 0.2) is 18.3 Å². The van der Waals surface area contributed by atoms with E-state index in [1.165, 1.54) is 3.95 Å². The number of aromatic nitrogens is 1. The Bertz CT molecular complexity index is 420. The van der Waals surface area contributed by atoms with Crippen molar-refractivity contribution in [3.63, 3.8) is 0 Å². The highest BCUT2D eigenvalue weighted by Gasteiger charge is 2.17. The van der Waals surface area contributed by atoms with Gasteiger partial charge in [-0.15, -0.1) is 3.95 Å². The Kier molecular flexibility index (Phi) is 4.21. The standard InChI is InChI=1S/C9H10ClN3OS/c1-7(13(6-11)15(2)14)8-3-4-9(10)12-5-8/h3-5,7H,1-2H3/p+1. The molecule has 0 aliphatic carbocycles. The van der Waals surface area contributed by atoms with Crippen LogP contribution in [0.4, 0.5) is 0 Å². The minimum atomic E-state index is -1.08. The van der Waals surface area contributed by atoms with Crippen LogP contribution in [0, 0.1) is 11.5 Å². The second-order valence-corrected chi connectivity index (χ2v) is 4.64.